The van der Waals surface area contributed by atoms with Crippen LogP contribution in [0.3, 0.4) is 0 Å². The van der Waals surface area contributed by atoms with Crippen molar-refractivity contribution in [1.82, 2.24) is 29.9 Å². The highest BCUT2D eigenvalue weighted by atomic mass is 127. The molecule has 0 unspecified atom stereocenters. The van der Waals surface area contributed by atoms with Crippen molar-refractivity contribution in [2.45, 2.75) is 129 Å². The fraction of sp³-hybridized carbons (Fsp3) is 0.294. The Morgan fingerprint density at radius 3 is 1.01 bits per heavy atom. The van der Waals surface area contributed by atoms with Gasteiger partial charge in [0.25, 0.3) is 0 Å². The number of benzene rings is 3. The molecule has 0 aliphatic heterocycles. The Labute approximate surface area is 431 Å². The number of nitrogens with two attached hydrogens (primary N) is 6. The molecule has 0 fully saturated rings. The van der Waals surface area contributed by atoms with Crippen LogP contribution in [0.4, 0.5) is 35.3 Å². The van der Waals surface area contributed by atoms with E-state index in [9.17, 15) is 0 Å². The largest absolute Gasteiger partial charge is 0.383 e. The van der Waals surface area contributed by atoms with Crippen LogP contribution in [0.15, 0.2) is 84.4 Å². The standard InChI is InChI=1S/2C16H18N4S.C14H17IN4S.C5H10Si/c2*1-5-11-7-13(12(9(2)3)6-10(11)4)21-14-8-19-16(18)20-15(14)17;1-7(2)9-4-8(3)10(15)5-11(9)20-12-6-18-14(17)19-13(12)16;1-5-6(2,3)4/h2*1,6-9H,2-4H3,(H4,17,18,19,20);4-7H,1-3H3,(H4,16,17,18,19);1H,2-4H3. The van der Waals surface area contributed by atoms with E-state index in [-0.39, 0.29) is 17.8 Å². The van der Waals surface area contributed by atoms with Crippen molar-refractivity contribution in [3.63, 3.8) is 0 Å². The third-order valence-electron chi connectivity index (χ3n) is 9.68. The van der Waals surface area contributed by atoms with Gasteiger partial charge in [-0.2, -0.15) is 15.0 Å². The molecule has 0 saturated heterocycles. The summed E-state index contributed by atoms with van der Waals surface area (Å²) in [4.78, 5) is 29.7. The Kier molecular flexibility index (Phi) is 21.4. The molecule has 0 aliphatic rings. The van der Waals surface area contributed by atoms with Crippen molar-refractivity contribution in [2.75, 3.05) is 34.4 Å². The summed E-state index contributed by atoms with van der Waals surface area (Å²) in [5.74, 6) is 8.38. The Bertz CT molecular complexity index is 2740. The summed E-state index contributed by atoms with van der Waals surface area (Å²) in [5.41, 5.74) is 46.1. The lowest BCUT2D eigenvalue weighted by molar-refractivity contribution is 0.839. The third kappa shape index (κ3) is 16.9. The lowest BCUT2D eigenvalue weighted by atomic mass is 9.98. The number of terminal acetylenes is 3. The van der Waals surface area contributed by atoms with Gasteiger partial charge in [-0.1, -0.05) is 127 Å². The zero-order valence-corrected chi connectivity index (χ0v) is 46.5. The SMILES string of the molecule is C#C[Si](C)(C)C.C#Cc1cc(Sc2cnc(N)nc2N)c(C(C)C)cc1C.C#Cc1cc(Sc2cnc(N)nc2N)c(C(C)C)cc1C.Cc1cc(C(C)C)c(Sc2cnc(N)nc2N)cc1I. The van der Waals surface area contributed by atoms with E-state index in [1.807, 2.05) is 26.0 Å². The van der Waals surface area contributed by atoms with Crippen LogP contribution in [0, 0.1) is 61.0 Å². The maximum atomic E-state index is 5.91. The monoisotopic (exact) mass is 1090 g/mol. The maximum absolute atomic E-state index is 5.91. The number of nitrogen functional groups attached to an aromatic ring is 6. The van der Waals surface area contributed by atoms with Gasteiger partial charge in [0.05, 0.1) is 14.7 Å². The Morgan fingerprint density at radius 1 is 0.485 bits per heavy atom. The van der Waals surface area contributed by atoms with E-state index < -0.39 is 8.07 Å². The number of rotatable bonds is 9. The van der Waals surface area contributed by atoms with Crippen molar-refractivity contribution < 1.29 is 0 Å². The second-order valence-electron chi connectivity index (χ2n) is 17.4. The predicted octanol–water partition coefficient (Wildman–Crippen LogP) is 11.7. The van der Waals surface area contributed by atoms with E-state index in [0.29, 0.717) is 35.2 Å². The van der Waals surface area contributed by atoms with Crippen LogP contribution in [0.5, 0.6) is 0 Å². The molecular weight excluding hydrogens is 1030 g/mol. The summed E-state index contributed by atoms with van der Waals surface area (Å²) in [6.45, 7) is 25.6. The molecular formula is C51H63IN12S3Si. The van der Waals surface area contributed by atoms with Gasteiger partial charge in [0.15, 0.2) is 0 Å². The molecule has 356 valence electrons. The fourth-order valence-electron chi connectivity index (χ4n) is 5.82. The second-order valence-corrected chi connectivity index (χ2v) is 26.6. The second kappa shape index (κ2) is 25.7. The number of hydrogen-bond donors (Lipinski definition) is 6. The van der Waals surface area contributed by atoms with E-state index in [2.05, 4.69) is 162 Å². The third-order valence-corrected chi connectivity index (χ3v) is 15.0. The highest BCUT2D eigenvalue weighted by molar-refractivity contribution is 14.1. The lowest BCUT2D eigenvalue weighted by Gasteiger charge is -2.15. The molecule has 0 amide bonds. The summed E-state index contributed by atoms with van der Waals surface area (Å²) in [6.07, 6.45) is 21.2. The summed E-state index contributed by atoms with van der Waals surface area (Å²) < 4.78 is 1.24. The van der Waals surface area contributed by atoms with E-state index >= 15 is 0 Å². The molecule has 17 heteroatoms. The van der Waals surface area contributed by atoms with Gasteiger partial charge in [-0.05, 0) is 113 Å². The number of nitrogens with zero attached hydrogens (tertiary/aromatic N) is 6. The van der Waals surface area contributed by atoms with Gasteiger partial charge < -0.3 is 34.4 Å². The van der Waals surface area contributed by atoms with E-state index in [4.69, 9.17) is 53.7 Å². The van der Waals surface area contributed by atoms with Gasteiger partial charge in [-0.15, -0.1) is 24.8 Å². The molecule has 3 aromatic heterocycles. The van der Waals surface area contributed by atoms with Crippen LogP contribution in [-0.4, -0.2) is 38.0 Å². The first-order valence-corrected chi connectivity index (χ1v) is 28.5. The van der Waals surface area contributed by atoms with Crippen molar-refractivity contribution in [1.29, 1.82) is 0 Å². The summed E-state index contributed by atoms with van der Waals surface area (Å²) in [6, 6.07) is 12.7. The van der Waals surface area contributed by atoms with Gasteiger partial charge >= 0.3 is 0 Å². The average Bonchev–Trinajstić information content (AvgIpc) is 3.26. The lowest BCUT2D eigenvalue weighted by Crippen LogP contribution is -2.15. The predicted molar refractivity (Wildman–Crippen MR) is 302 cm³/mol. The molecule has 68 heavy (non-hydrogen) atoms. The minimum absolute atomic E-state index is 0.175. The molecule has 0 aliphatic carbocycles. The molecule has 12 nitrogen and oxygen atoms in total. The van der Waals surface area contributed by atoms with Crippen molar-refractivity contribution in [3.05, 3.63) is 103 Å². The zero-order chi connectivity index (χ0) is 51.2. The van der Waals surface area contributed by atoms with Crippen molar-refractivity contribution >= 4 is 101 Å². The zero-order valence-electron chi connectivity index (χ0n) is 40.9. The normalized spacial score (nSPS) is 10.7. The minimum atomic E-state index is -1.10. The van der Waals surface area contributed by atoms with Crippen LogP contribution < -0.4 is 34.4 Å². The number of anilines is 6. The number of halogens is 1. The number of aromatic nitrogens is 6. The van der Waals surface area contributed by atoms with Gasteiger partial charge in [-0.3, -0.25) is 0 Å². The molecule has 0 radical (unpaired) electrons. The molecule has 0 atom stereocenters. The summed E-state index contributed by atoms with van der Waals surface area (Å²) in [7, 11) is -1.10. The first-order chi connectivity index (χ1) is 31.8. The molecule has 0 saturated carbocycles. The number of aryl methyl sites for hydroxylation is 3. The van der Waals surface area contributed by atoms with Crippen LogP contribution in [0.25, 0.3) is 0 Å². The Balaban J connectivity index is 0.000000255. The van der Waals surface area contributed by atoms with Gasteiger partial charge in [0.2, 0.25) is 17.8 Å². The minimum Gasteiger partial charge on any atom is -0.383 e. The first kappa shape index (κ1) is 56.7. The molecule has 3 aromatic carbocycles. The smallest absolute Gasteiger partial charge is 0.221 e. The molecule has 0 bridgehead atoms. The van der Waals surface area contributed by atoms with Crippen LogP contribution >= 0.6 is 57.9 Å². The van der Waals surface area contributed by atoms with Crippen LogP contribution in [0.2, 0.25) is 19.6 Å². The molecule has 6 rings (SSSR count). The van der Waals surface area contributed by atoms with Gasteiger partial charge in [0, 0.05) is 48.0 Å². The highest BCUT2D eigenvalue weighted by Crippen LogP contribution is 2.40. The van der Waals surface area contributed by atoms with E-state index in [1.54, 1.807) is 30.4 Å². The van der Waals surface area contributed by atoms with E-state index in [1.165, 1.54) is 54.2 Å². The summed E-state index contributed by atoms with van der Waals surface area (Å²) in [5, 5.41) is 0. The van der Waals surface area contributed by atoms with Crippen LogP contribution in [0.1, 0.15) is 104 Å². The van der Waals surface area contributed by atoms with Gasteiger partial charge in [-0.25, -0.2) is 15.0 Å². The first-order valence-electron chi connectivity index (χ1n) is 21.5. The average molecular weight is 1100 g/mol. The Hall–Kier alpha value is -5.62. The quantitative estimate of drug-likeness (QED) is 0.0449. The molecule has 0 spiro atoms. The number of hydrogen-bond acceptors (Lipinski definition) is 15. The highest BCUT2D eigenvalue weighted by Gasteiger charge is 2.17. The van der Waals surface area contributed by atoms with Crippen molar-refractivity contribution in [2.24, 2.45) is 0 Å². The fourth-order valence-corrected chi connectivity index (χ4v) is 9.75. The molecule has 6 aromatic rings. The van der Waals surface area contributed by atoms with E-state index in [0.717, 1.165) is 46.7 Å². The molecule has 12 N–H and O–H groups in total. The Morgan fingerprint density at radius 2 is 0.765 bits per heavy atom. The molecule has 3 heterocycles. The summed E-state index contributed by atoms with van der Waals surface area (Å²) >= 11 is 6.97. The maximum Gasteiger partial charge on any atom is 0.221 e. The van der Waals surface area contributed by atoms with Crippen molar-refractivity contribution in [3.8, 4) is 36.7 Å². The topological polar surface area (TPSA) is 233 Å². The van der Waals surface area contributed by atoms with Gasteiger partial charge in [0.1, 0.15) is 25.5 Å². The van der Waals surface area contributed by atoms with Crippen LogP contribution in [-0.2, 0) is 0 Å².